The van der Waals surface area contributed by atoms with Crippen LogP contribution in [0.2, 0.25) is 5.15 Å². The van der Waals surface area contributed by atoms with E-state index in [0.717, 1.165) is 54.7 Å². The SMILES string of the molecule is CCc1nnc2n1C[C@@H](NCc1c(Cl)nc3sccn13)CC2. The van der Waals surface area contributed by atoms with Crippen molar-refractivity contribution >= 4 is 27.9 Å². The number of aryl methyl sites for hydroxylation is 2. The van der Waals surface area contributed by atoms with Crippen molar-refractivity contribution in [2.75, 3.05) is 0 Å². The second-order valence-electron chi connectivity index (χ2n) is 5.52. The second kappa shape index (κ2) is 5.64. The average Bonchev–Trinajstić information content (AvgIpc) is 3.19. The van der Waals surface area contributed by atoms with Crippen molar-refractivity contribution in [2.45, 2.75) is 45.3 Å². The summed E-state index contributed by atoms with van der Waals surface area (Å²) in [5.41, 5.74) is 1.03. The first-order valence-corrected chi connectivity index (χ1v) is 8.76. The lowest BCUT2D eigenvalue weighted by molar-refractivity contribution is 0.372. The standard InChI is InChI=1S/C14H17ClN6S/c1-2-11-18-19-12-4-3-9(8-21(11)12)16-7-10-13(15)17-14-20(10)5-6-22-14/h5-6,9,16H,2-4,7-8H2,1H3/t9-/m0/s1. The Morgan fingerprint density at radius 3 is 3.23 bits per heavy atom. The van der Waals surface area contributed by atoms with Gasteiger partial charge in [-0.1, -0.05) is 18.5 Å². The van der Waals surface area contributed by atoms with Gasteiger partial charge in [0.1, 0.15) is 11.6 Å². The van der Waals surface area contributed by atoms with E-state index in [9.17, 15) is 0 Å². The lowest BCUT2D eigenvalue weighted by Gasteiger charge is -2.25. The summed E-state index contributed by atoms with van der Waals surface area (Å²) in [7, 11) is 0. The fraction of sp³-hybridized carbons (Fsp3) is 0.500. The zero-order valence-electron chi connectivity index (χ0n) is 12.3. The Balaban J connectivity index is 1.48. The van der Waals surface area contributed by atoms with Gasteiger partial charge in [-0.05, 0) is 6.42 Å². The highest BCUT2D eigenvalue weighted by Gasteiger charge is 2.22. The van der Waals surface area contributed by atoms with Crippen LogP contribution < -0.4 is 5.32 Å². The van der Waals surface area contributed by atoms with E-state index >= 15 is 0 Å². The predicted molar refractivity (Wildman–Crippen MR) is 86.4 cm³/mol. The van der Waals surface area contributed by atoms with Gasteiger partial charge >= 0.3 is 0 Å². The Kier molecular flexibility index (Phi) is 3.63. The summed E-state index contributed by atoms with van der Waals surface area (Å²) in [6.45, 7) is 3.77. The largest absolute Gasteiger partial charge is 0.313 e. The van der Waals surface area contributed by atoms with Crippen molar-refractivity contribution in [1.82, 2.24) is 29.5 Å². The minimum Gasteiger partial charge on any atom is -0.313 e. The third kappa shape index (κ3) is 2.33. The molecule has 8 heteroatoms. The quantitative estimate of drug-likeness (QED) is 0.794. The van der Waals surface area contributed by atoms with Gasteiger partial charge in [-0.2, -0.15) is 0 Å². The van der Waals surface area contributed by atoms with Gasteiger partial charge < -0.3 is 9.88 Å². The number of aromatic nitrogens is 5. The Bertz CT molecular complexity index is 790. The molecule has 22 heavy (non-hydrogen) atoms. The van der Waals surface area contributed by atoms with E-state index in [-0.39, 0.29) is 0 Å². The molecular formula is C14H17ClN6S. The van der Waals surface area contributed by atoms with Crippen LogP contribution in [0.25, 0.3) is 4.96 Å². The summed E-state index contributed by atoms with van der Waals surface area (Å²) in [6, 6.07) is 0.411. The molecule has 0 aromatic carbocycles. The monoisotopic (exact) mass is 336 g/mol. The molecule has 4 rings (SSSR count). The van der Waals surface area contributed by atoms with E-state index in [4.69, 9.17) is 11.6 Å². The maximum atomic E-state index is 6.25. The van der Waals surface area contributed by atoms with E-state index < -0.39 is 0 Å². The zero-order valence-corrected chi connectivity index (χ0v) is 13.9. The molecule has 0 saturated heterocycles. The molecule has 6 nitrogen and oxygen atoms in total. The lowest BCUT2D eigenvalue weighted by atomic mass is 10.1. The third-order valence-corrected chi connectivity index (χ3v) is 5.27. The van der Waals surface area contributed by atoms with E-state index in [2.05, 4.69) is 36.4 Å². The van der Waals surface area contributed by atoms with Crippen molar-refractivity contribution in [3.63, 3.8) is 0 Å². The summed E-state index contributed by atoms with van der Waals surface area (Å²) >= 11 is 7.85. The van der Waals surface area contributed by atoms with Crippen molar-refractivity contribution in [3.05, 3.63) is 34.1 Å². The van der Waals surface area contributed by atoms with Gasteiger partial charge in [-0.25, -0.2) is 4.98 Å². The van der Waals surface area contributed by atoms with Gasteiger partial charge in [0.05, 0.1) is 5.69 Å². The van der Waals surface area contributed by atoms with Gasteiger partial charge in [-0.3, -0.25) is 4.40 Å². The minimum absolute atomic E-state index is 0.411. The van der Waals surface area contributed by atoms with Crippen LogP contribution in [0.3, 0.4) is 0 Å². The highest BCUT2D eigenvalue weighted by Crippen LogP contribution is 2.22. The van der Waals surface area contributed by atoms with E-state index in [1.165, 1.54) is 0 Å². The molecule has 3 aromatic heterocycles. The molecule has 1 aliphatic rings. The molecule has 0 amide bonds. The molecule has 0 radical (unpaired) electrons. The number of rotatable bonds is 4. The maximum Gasteiger partial charge on any atom is 0.195 e. The number of halogens is 1. The summed E-state index contributed by atoms with van der Waals surface area (Å²) in [5.74, 6) is 2.18. The van der Waals surface area contributed by atoms with Crippen LogP contribution in [0.15, 0.2) is 11.6 Å². The molecule has 1 atom stereocenters. The number of thiazole rings is 1. The second-order valence-corrected chi connectivity index (χ2v) is 6.75. The first kappa shape index (κ1) is 14.2. The van der Waals surface area contributed by atoms with Crippen LogP contribution in [0.4, 0.5) is 0 Å². The fourth-order valence-electron chi connectivity index (χ4n) is 3.02. The molecule has 0 spiro atoms. The van der Waals surface area contributed by atoms with E-state index in [1.54, 1.807) is 11.3 Å². The van der Waals surface area contributed by atoms with Crippen LogP contribution in [0, 0.1) is 0 Å². The summed E-state index contributed by atoms with van der Waals surface area (Å²) in [4.78, 5) is 5.32. The van der Waals surface area contributed by atoms with Crippen molar-refractivity contribution in [1.29, 1.82) is 0 Å². The Morgan fingerprint density at radius 2 is 2.36 bits per heavy atom. The Labute approximate surface area is 137 Å². The molecule has 116 valence electrons. The molecule has 0 fully saturated rings. The predicted octanol–water partition coefficient (Wildman–Crippen LogP) is 2.31. The molecule has 0 saturated carbocycles. The number of imidazole rings is 1. The van der Waals surface area contributed by atoms with Crippen LogP contribution in [0.5, 0.6) is 0 Å². The number of nitrogens with one attached hydrogen (secondary N) is 1. The minimum atomic E-state index is 0.411. The van der Waals surface area contributed by atoms with Crippen molar-refractivity contribution in [3.8, 4) is 0 Å². The molecule has 1 N–H and O–H groups in total. The summed E-state index contributed by atoms with van der Waals surface area (Å²) in [5, 5.41) is 14.8. The molecule has 4 heterocycles. The molecule has 0 bridgehead atoms. The van der Waals surface area contributed by atoms with E-state index in [1.807, 2.05) is 11.6 Å². The van der Waals surface area contributed by atoms with Crippen LogP contribution >= 0.6 is 22.9 Å². The Hall–Kier alpha value is -1.44. The van der Waals surface area contributed by atoms with Gasteiger partial charge in [0.2, 0.25) is 0 Å². The summed E-state index contributed by atoms with van der Waals surface area (Å²) in [6.07, 6.45) is 4.98. The normalized spacial score (nSPS) is 18.0. The van der Waals surface area contributed by atoms with Crippen LogP contribution in [0.1, 0.15) is 30.7 Å². The number of hydrogen-bond donors (Lipinski definition) is 1. The number of nitrogens with zero attached hydrogens (tertiary/aromatic N) is 5. The molecular weight excluding hydrogens is 320 g/mol. The van der Waals surface area contributed by atoms with Crippen molar-refractivity contribution < 1.29 is 0 Å². The topological polar surface area (TPSA) is 60.0 Å². The maximum absolute atomic E-state index is 6.25. The number of hydrogen-bond acceptors (Lipinski definition) is 5. The van der Waals surface area contributed by atoms with Crippen molar-refractivity contribution in [2.24, 2.45) is 0 Å². The fourth-order valence-corrected chi connectivity index (χ4v) is 4.04. The van der Waals surface area contributed by atoms with Gasteiger partial charge in [0.15, 0.2) is 10.1 Å². The number of fused-ring (bicyclic) bond motifs is 2. The van der Waals surface area contributed by atoms with Gasteiger partial charge in [0, 0.05) is 43.5 Å². The highest BCUT2D eigenvalue weighted by molar-refractivity contribution is 7.15. The lowest BCUT2D eigenvalue weighted by Crippen LogP contribution is -2.37. The first-order chi connectivity index (χ1) is 10.8. The summed E-state index contributed by atoms with van der Waals surface area (Å²) < 4.78 is 4.31. The highest BCUT2D eigenvalue weighted by atomic mass is 35.5. The molecule has 0 aliphatic carbocycles. The van der Waals surface area contributed by atoms with Crippen LogP contribution in [-0.2, 0) is 25.9 Å². The molecule has 1 aliphatic heterocycles. The molecule has 0 unspecified atom stereocenters. The van der Waals surface area contributed by atoms with Gasteiger partial charge in [0.25, 0.3) is 0 Å². The van der Waals surface area contributed by atoms with Crippen LogP contribution in [-0.4, -0.2) is 30.2 Å². The zero-order chi connectivity index (χ0) is 15.1. The Morgan fingerprint density at radius 1 is 1.45 bits per heavy atom. The van der Waals surface area contributed by atoms with E-state index in [0.29, 0.717) is 11.2 Å². The molecule has 3 aromatic rings. The smallest absolute Gasteiger partial charge is 0.195 e. The first-order valence-electron chi connectivity index (χ1n) is 7.50. The third-order valence-electron chi connectivity index (χ3n) is 4.21. The average molecular weight is 337 g/mol. The van der Waals surface area contributed by atoms with Gasteiger partial charge in [-0.15, -0.1) is 21.5 Å².